The van der Waals surface area contributed by atoms with Crippen molar-refractivity contribution in [3.8, 4) is 12.3 Å². The molecule has 2 heterocycles. The lowest BCUT2D eigenvalue weighted by Crippen LogP contribution is -2.44. The van der Waals surface area contributed by atoms with Gasteiger partial charge in [-0.05, 0) is 38.8 Å². The van der Waals surface area contributed by atoms with Crippen LogP contribution >= 0.6 is 0 Å². The highest BCUT2D eigenvalue weighted by Gasteiger charge is 2.39. The van der Waals surface area contributed by atoms with E-state index in [2.05, 4.69) is 40.2 Å². The second kappa shape index (κ2) is 7.73. The minimum atomic E-state index is -0.351. The van der Waals surface area contributed by atoms with E-state index in [-0.39, 0.29) is 17.6 Å². The van der Waals surface area contributed by atoms with E-state index in [0.29, 0.717) is 19.3 Å². The van der Waals surface area contributed by atoms with Crippen LogP contribution in [0, 0.1) is 18.3 Å². The van der Waals surface area contributed by atoms with E-state index in [9.17, 15) is 4.79 Å². The molecule has 0 aromatic rings. The molecule has 1 saturated heterocycles. The van der Waals surface area contributed by atoms with Crippen molar-refractivity contribution >= 4 is 5.91 Å². The molecule has 1 unspecified atom stereocenters. The fraction of sp³-hybridized carbons (Fsp3) is 0.824. The van der Waals surface area contributed by atoms with Gasteiger partial charge < -0.3 is 10.2 Å². The Balaban J connectivity index is 1.61. The summed E-state index contributed by atoms with van der Waals surface area (Å²) in [4.78, 5) is 14.5. The van der Waals surface area contributed by atoms with E-state index < -0.39 is 0 Å². The largest absolute Gasteiger partial charge is 0.352 e. The zero-order chi connectivity index (χ0) is 16.0. The number of amides is 1. The first-order valence-electron chi connectivity index (χ1n) is 8.42. The molecule has 0 aromatic carbocycles. The van der Waals surface area contributed by atoms with Crippen molar-refractivity contribution < 1.29 is 4.79 Å². The van der Waals surface area contributed by atoms with Crippen LogP contribution in [0.2, 0.25) is 0 Å². The average molecular weight is 304 g/mol. The van der Waals surface area contributed by atoms with Gasteiger partial charge in [-0.1, -0.05) is 6.92 Å². The van der Waals surface area contributed by atoms with Crippen molar-refractivity contribution in [2.45, 2.75) is 64.1 Å². The van der Waals surface area contributed by atoms with E-state index in [1.54, 1.807) is 0 Å². The molecular weight excluding hydrogens is 276 g/mol. The minimum absolute atomic E-state index is 0.0928. The zero-order valence-corrected chi connectivity index (χ0v) is 13.8. The summed E-state index contributed by atoms with van der Waals surface area (Å²) in [5.41, 5.74) is -0.351. The topological polar surface area (TPSA) is 57.1 Å². The Morgan fingerprint density at radius 2 is 2.09 bits per heavy atom. The molecule has 2 rings (SSSR count). The Morgan fingerprint density at radius 1 is 1.41 bits per heavy atom. The second-order valence-corrected chi connectivity index (χ2v) is 6.84. The van der Waals surface area contributed by atoms with Gasteiger partial charge in [-0.3, -0.25) is 4.79 Å². The monoisotopic (exact) mass is 304 g/mol. The second-order valence-electron chi connectivity index (χ2n) is 6.84. The molecule has 0 saturated carbocycles. The highest BCUT2D eigenvalue weighted by Crippen LogP contribution is 2.37. The first-order chi connectivity index (χ1) is 10.5. The van der Waals surface area contributed by atoms with Crippen LogP contribution in [-0.4, -0.2) is 42.1 Å². The van der Waals surface area contributed by atoms with Crippen molar-refractivity contribution in [1.82, 2.24) is 10.2 Å². The number of terminal acetylenes is 1. The molecule has 22 heavy (non-hydrogen) atoms. The Kier molecular flexibility index (Phi) is 5.96. The third-order valence-corrected chi connectivity index (χ3v) is 4.62. The summed E-state index contributed by atoms with van der Waals surface area (Å²) in [6.07, 6.45) is 10.4. The van der Waals surface area contributed by atoms with Crippen LogP contribution in [0.25, 0.3) is 0 Å². The lowest BCUT2D eigenvalue weighted by molar-refractivity contribution is -0.122. The van der Waals surface area contributed by atoms with Crippen LogP contribution in [0.15, 0.2) is 10.2 Å². The van der Waals surface area contributed by atoms with Crippen molar-refractivity contribution in [1.29, 1.82) is 0 Å². The molecular formula is C17H28N4O. The van der Waals surface area contributed by atoms with E-state index in [1.807, 2.05) is 0 Å². The number of piperidine rings is 1. The van der Waals surface area contributed by atoms with Crippen molar-refractivity contribution in [3.05, 3.63) is 0 Å². The van der Waals surface area contributed by atoms with Crippen molar-refractivity contribution in [2.75, 3.05) is 19.6 Å². The van der Waals surface area contributed by atoms with E-state index in [0.717, 1.165) is 32.0 Å². The number of nitrogens with zero attached hydrogens (tertiary/aromatic N) is 3. The highest BCUT2D eigenvalue weighted by atomic mass is 16.1. The van der Waals surface area contributed by atoms with Crippen LogP contribution in [0.4, 0.5) is 0 Å². The van der Waals surface area contributed by atoms with E-state index >= 15 is 0 Å². The molecule has 1 N–H and O–H groups in total. The van der Waals surface area contributed by atoms with Crippen LogP contribution < -0.4 is 5.32 Å². The summed E-state index contributed by atoms with van der Waals surface area (Å²) in [6, 6.07) is 0.190. The van der Waals surface area contributed by atoms with Crippen LogP contribution in [0.3, 0.4) is 0 Å². The minimum Gasteiger partial charge on any atom is -0.352 e. The molecule has 2 aliphatic heterocycles. The van der Waals surface area contributed by atoms with Crippen LogP contribution in [0.5, 0.6) is 0 Å². The van der Waals surface area contributed by atoms with Gasteiger partial charge in [0.15, 0.2) is 5.66 Å². The molecule has 5 heteroatoms. The van der Waals surface area contributed by atoms with Gasteiger partial charge in [0.1, 0.15) is 0 Å². The van der Waals surface area contributed by atoms with Gasteiger partial charge in [0.05, 0.1) is 0 Å². The average Bonchev–Trinajstić information content (AvgIpc) is 3.26. The fourth-order valence-electron chi connectivity index (χ4n) is 3.01. The molecule has 1 amide bonds. The van der Waals surface area contributed by atoms with Gasteiger partial charge in [0.2, 0.25) is 5.91 Å². The highest BCUT2D eigenvalue weighted by molar-refractivity contribution is 5.76. The predicted octanol–water partition coefficient (Wildman–Crippen LogP) is 2.58. The maximum Gasteiger partial charge on any atom is 0.220 e. The molecule has 1 atom stereocenters. The summed E-state index contributed by atoms with van der Waals surface area (Å²) < 4.78 is 0. The quantitative estimate of drug-likeness (QED) is 0.701. The van der Waals surface area contributed by atoms with Gasteiger partial charge in [-0.25, -0.2) is 0 Å². The van der Waals surface area contributed by atoms with E-state index in [4.69, 9.17) is 6.42 Å². The molecule has 0 aliphatic carbocycles. The Morgan fingerprint density at radius 3 is 2.68 bits per heavy atom. The predicted molar refractivity (Wildman–Crippen MR) is 87.3 cm³/mol. The molecule has 1 fully saturated rings. The van der Waals surface area contributed by atoms with Crippen LogP contribution in [0.1, 0.15) is 52.4 Å². The van der Waals surface area contributed by atoms with Gasteiger partial charge >= 0.3 is 0 Å². The Labute approximate surface area is 133 Å². The first kappa shape index (κ1) is 17.0. The lowest BCUT2D eigenvalue weighted by atomic mass is 9.99. The standard InChI is InChI=1S/C17H28N4O/c1-4-5-9-17(19-20-17)10-6-16(22)18-15(3)13-21-11-7-14(2)8-12-21/h1,14-15H,5-13H2,2-3H3,(H,18,22). The lowest BCUT2D eigenvalue weighted by Gasteiger charge is -2.32. The van der Waals surface area contributed by atoms with Crippen molar-refractivity contribution in [2.24, 2.45) is 16.1 Å². The molecule has 0 spiro atoms. The first-order valence-corrected chi connectivity index (χ1v) is 8.42. The fourth-order valence-corrected chi connectivity index (χ4v) is 3.01. The van der Waals surface area contributed by atoms with E-state index in [1.165, 1.54) is 12.8 Å². The summed E-state index contributed by atoms with van der Waals surface area (Å²) in [7, 11) is 0. The summed E-state index contributed by atoms with van der Waals surface area (Å²) in [6.45, 7) is 7.63. The van der Waals surface area contributed by atoms with Gasteiger partial charge in [0.25, 0.3) is 0 Å². The van der Waals surface area contributed by atoms with Crippen molar-refractivity contribution in [3.63, 3.8) is 0 Å². The normalized spacial score (nSPS) is 22.0. The number of carbonyl (C=O) groups excluding carboxylic acids is 1. The number of carbonyl (C=O) groups is 1. The third kappa shape index (κ3) is 5.42. The van der Waals surface area contributed by atoms with Gasteiger partial charge in [0, 0.05) is 38.3 Å². The third-order valence-electron chi connectivity index (χ3n) is 4.62. The smallest absolute Gasteiger partial charge is 0.220 e. The SMILES string of the molecule is C#CCCC1(CCC(=O)NC(C)CN2CCC(C)CC2)N=N1. The molecule has 0 aromatic heterocycles. The summed E-state index contributed by atoms with van der Waals surface area (Å²) in [5.74, 6) is 3.54. The van der Waals surface area contributed by atoms with Gasteiger partial charge in [-0.2, -0.15) is 10.2 Å². The van der Waals surface area contributed by atoms with Crippen LogP contribution in [-0.2, 0) is 4.79 Å². The van der Waals surface area contributed by atoms with Gasteiger partial charge in [-0.15, -0.1) is 12.3 Å². The Bertz CT molecular complexity index is 440. The summed E-state index contributed by atoms with van der Waals surface area (Å²) >= 11 is 0. The summed E-state index contributed by atoms with van der Waals surface area (Å²) in [5, 5.41) is 11.2. The molecule has 0 bridgehead atoms. The number of nitrogens with one attached hydrogen (secondary N) is 1. The molecule has 2 aliphatic rings. The number of hydrogen-bond acceptors (Lipinski definition) is 4. The molecule has 122 valence electrons. The number of likely N-dealkylation sites (tertiary alicyclic amines) is 1. The maximum absolute atomic E-state index is 12.0. The molecule has 0 radical (unpaired) electrons. The zero-order valence-electron chi connectivity index (χ0n) is 13.8. The maximum atomic E-state index is 12.0. The Hall–Kier alpha value is -1.41. The molecule has 5 nitrogen and oxygen atoms in total. The number of hydrogen-bond donors (Lipinski definition) is 1. The number of rotatable bonds is 8.